The first-order chi connectivity index (χ1) is 9.56. The molecule has 20 heavy (non-hydrogen) atoms. The van der Waals surface area contributed by atoms with E-state index in [0.717, 1.165) is 18.5 Å². The van der Waals surface area contributed by atoms with E-state index in [4.69, 9.17) is 5.11 Å². The first kappa shape index (κ1) is 14.4. The molecule has 2 rings (SSSR count). The highest BCUT2D eigenvalue weighted by Gasteiger charge is 2.27. The highest BCUT2D eigenvalue weighted by atomic mass is 16.4. The van der Waals surface area contributed by atoms with Gasteiger partial charge in [0, 0.05) is 38.4 Å². The molecule has 0 aliphatic heterocycles. The van der Waals surface area contributed by atoms with Crippen molar-refractivity contribution in [3.63, 3.8) is 0 Å². The van der Waals surface area contributed by atoms with Gasteiger partial charge in [-0.15, -0.1) is 0 Å². The third kappa shape index (κ3) is 4.25. The number of carboxylic acid groups (broad SMARTS) is 1. The van der Waals surface area contributed by atoms with Crippen molar-refractivity contribution in [1.29, 1.82) is 0 Å². The molecule has 0 bridgehead atoms. The summed E-state index contributed by atoms with van der Waals surface area (Å²) in [5.41, 5.74) is 1.03. The lowest BCUT2D eigenvalue weighted by Crippen LogP contribution is -2.44. The molecule has 1 aromatic rings. The number of hydrogen-bond acceptors (Lipinski definition) is 3. The molecule has 110 valence electrons. The molecule has 0 atom stereocenters. The summed E-state index contributed by atoms with van der Waals surface area (Å²) in [6.07, 6.45) is 4.55. The summed E-state index contributed by atoms with van der Waals surface area (Å²) in [5.74, 6) is -0.510. The highest BCUT2D eigenvalue weighted by Crippen LogP contribution is 2.29. The molecule has 1 fully saturated rings. The van der Waals surface area contributed by atoms with Crippen LogP contribution in [-0.4, -0.2) is 51.4 Å². The van der Waals surface area contributed by atoms with E-state index < -0.39 is 5.97 Å². The summed E-state index contributed by atoms with van der Waals surface area (Å²) in [5, 5.41) is 15.7. The van der Waals surface area contributed by atoms with Gasteiger partial charge in [-0.3, -0.25) is 9.48 Å². The second-order valence-electron chi connectivity index (χ2n) is 5.15. The lowest BCUT2D eigenvalue weighted by Gasteiger charge is -2.21. The van der Waals surface area contributed by atoms with E-state index in [1.165, 1.54) is 4.90 Å². The molecule has 7 heteroatoms. The van der Waals surface area contributed by atoms with Crippen LogP contribution in [0.2, 0.25) is 0 Å². The van der Waals surface area contributed by atoms with Gasteiger partial charge in [0.2, 0.25) is 0 Å². The van der Waals surface area contributed by atoms with Crippen LogP contribution in [0.3, 0.4) is 0 Å². The van der Waals surface area contributed by atoms with E-state index in [9.17, 15) is 9.59 Å². The molecule has 1 saturated carbocycles. The summed E-state index contributed by atoms with van der Waals surface area (Å²) in [6, 6.07) is 1.59. The monoisotopic (exact) mass is 280 g/mol. The first-order valence-corrected chi connectivity index (χ1v) is 6.77. The van der Waals surface area contributed by atoms with Crippen LogP contribution >= 0.6 is 0 Å². The second-order valence-corrected chi connectivity index (χ2v) is 5.15. The first-order valence-electron chi connectivity index (χ1n) is 6.77. The minimum absolute atomic E-state index is 0.242. The number of rotatable bonds is 7. The van der Waals surface area contributed by atoms with Gasteiger partial charge in [0.1, 0.15) is 6.54 Å². The van der Waals surface area contributed by atoms with Gasteiger partial charge >= 0.3 is 12.0 Å². The average molecular weight is 280 g/mol. The topological polar surface area (TPSA) is 87.5 Å². The molecule has 1 aliphatic carbocycles. The lowest BCUT2D eigenvalue weighted by atomic mass is 10.3. The number of carboxylic acids is 1. The number of carbonyl (C=O) groups excluding carboxylic acids is 1. The Kier molecular flexibility index (Phi) is 4.60. The third-order valence-corrected chi connectivity index (χ3v) is 3.37. The minimum Gasteiger partial charge on any atom is -0.480 e. The van der Waals surface area contributed by atoms with Gasteiger partial charge in [-0.1, -0.05) is 0 Å². The minimum atomic E-state index is -0.979. The van der Waals surface area contributed by atoms with Crippen molar-refractivity contribution in [2.75, 3.05) is 19.6 Å². The molecule has 2 amide bonds. The third-order valence-electron chi connectivity index (χ3n) is 3.37. The van der Waals surface area contributed by atoms with Crippen molar-refractivity contribution in [3.8, 4) is 0 Å². The van der Waals surface area contributed by atoms with Crippen LogP contribution in [0.4, 0.5) is 4.79 Å². The van der Waals surface area contributed by atoms with Crippen LogP contribution in [-0.2, 0) is 18.3 Å². The van der Waals surface area contributed by atoms with Gasteiger partial charge in [0.15, 0.2) is 0 Å². The Morgan fingerprint density at radius 3 is 2.85 bits per heavy atom. The van der Waals surface area contributed by atoms with Crippen molar-refractivity contribution >= 4 is 12.0 Å². The van der Waals surface area contributed by atoms with Crippen LogP contribution in [0, 0.1) is 5.92 Å². The van der Waals surface area contributed by atoms with E-state index >= 15 is 0 Å². The van der Waals surface area contributed by atoms with Crippen LogP contribution in [0.25, 0.3) is 0 Å². The Bertz CT molecular complexity index is 482. The van der Waals surface area contributed by atoms with E-state index in [1.807, 2.05) is 13.1 Å². The summed E-state index contributed by atoms with van der Waals surface area (Å²) >= 11 is 0. The molecule has 0 saturated heterocycles. The van der Waals surface area contributed by atoms with Crippen molar-refractivity contribution in [3.05, 3.63) is 18.0 Å². The molecule has 0 spiro atoms. The molecule has 2 N–H and O–H groups in total. The molecule has 7 nitrogen and oxygen atoms in total. The quantitative estimate of drug-likeness (QED) is 0.760. The lowest BCUT2D eigenvalue weighted by molar-refractivity contribution is -0.137. The maximum atomic E-state index is 12.0. The van der Waals surface area contributed by atoms with Gasteiger partial charge < -0.3 is 15.3 Å². The largest absolute Gasteiger partial charge is 0.480 e. The summed E-state index contributed by atoms with van der Waals surface area (Å²) in [4.78, 5) is 24.2. The number of aryl methyl sites for hydroxylation is 1. The summed E-state index contributed by atoms with van der Waals surface area (Å²) < 4.78 is 1.76. The van der Waals surface area contributed by atoms with Gasteiger partial charge in [-0.05, 0) is 24.8 Å². The van der Waals surface area contributed by atoms with Crippen molar-refractivity contribution < 1.29 is 14.7 Å². The SMILES string of the molecule is Cn1nccc1CCNC(=O)N(CC(=O)O)CC1CC1. The maximum absolute atomic E-state index is 12.0. The predicted molar refractivity (Wildman–Crippen MR) is 72.2 cm³/mol. The number of carbonyl (C=O) groups is 2. The smallest absolute Gasteiger partial charge is 0.323 e. The zero-order chi connectivity index (χ0) is 14.5. The number of urea groups is 1. The van der Waals surface area contributed by atoms with E-state index in [0.29, 0.717) is 25.4 Å². The molecule has 1 aromatic heterocycles. The Hall–Kier alpha value is -2.05. The fraction of sp³-hybridized carbons (Fsp3) is 0.615. The molecular formula is C13H20N4O3. The Morgan fingerprint density at radius 2 is 2.30 bits per heavy atom. The normalized spacial score (nSPS) is 14.1. The molecule has 0 radical (unpaired) electrons. The van der Waals surface area contributed by atoms with Crippen molar-refractivity contribution in [2.45, 2.75) is 19.3 Å². The van der Waals surface area contributed by atoms with Crippen molar-refractivity contribution in [2.24, 2.45) is 13.0 Å². The zero-order valence-electron chi connectivity index (χ0n) is 11.6. The number of nitrogens with zero attached hydrogens (tertiary/aromatic N) is 3. The zero-order valence-corrected chi connectivity index (χ0v) is 11.6. The molecular weight excluding hydrogens is 260 g/mol. The Morgan fingerprint density at radius 1 is 1.55 bits per heavy atom. The number of aliphatic carboxylic acids is 1. The van der Waals surface area contributed by atoms with Crippen LogP contribution in [0.15, 0.2) is 12.3 Å². The van der Waals surface area contributed by atoms with Gasteiger partial charge in [-0.2, -0.15) is 5.10 Å². The van der Waals surface area contributed by atoms with Crippen LogP contribution in [0.5, 0.6) is 0 Å². The fourth-order valence-electron chi connectivity index (χ4n) is 2.05. The number of amides is 2. The number of aromatic nitrogens is 2. The molecule has 1 aliphatic rings. The van der Waals surface area contributed by atoms with Crippen LogP contribution in [0.1, 0.15) is 18.5 Å². The van der Waals surface area contributed by atoms with Crippen LogP contribution < -0.4 is 5.32 Å². The second kappa shape index (κ2) is 6.40. The molecule has 0 aromatic carbocycles. The molecule has 0 unspecified atom stereocenters. The fourth-order valence-corrected chi connectivity index (χ4v) is 2.05. The van der Waals surface area contributed by atoms with E-state index in [1.54, 1.807) is 10.9 Å². The van der Waals surface area contributed by atoms with Gasteiger partial charge in [-0.25, -0.2) is 4.79 Å². The highest BCUT2D eigenvalue weighted by molar-refractivity contribution is 5.80. The molecule has 1 heterocycles. The van der Waals surface area contributed by atoms with Gasteiger partial charge in [0.25, 0.3) is 0 Å². The Labute approximate surface area is 117 Å². The standard InChI is InChI=1S/C13H20N4O3/c1-16-11(5-7-15-16)4-6-14-13(20)17(9-12(18)19)8-10-2-3-10/h5,7,10H,2-4,6,8-9H2,1H3,(H,14,20)(H,18,19). The van der Waals surface area contributed by atoms with Crippen molar-refractivity contribution in [1.82, 2.24) is 20.0 Å². The van der Waals surface area contributed by atoms with E-state index in [-0.39, 0.29) is 12.6 Å². The maximum Gasteiger partial charge on any atom is 0.323 e. The van der Waals surface area contributed by atoms with Gasteiger partial charge in [0.05, 0.1) is 0 Å². The van der Waals surface area contributed by atoms with E-state index in [2.05, 4.69) is 10.4 Å². The Balaban J connectivity index is 1.78. The summed E-state index contributed by atoms with van der Waals surface area (Å²) in [7, 11) is 1.85. The predicted octanol–water partition coefficient (Wildman–Crippen LogP) is 0.469. The summed E-state index contributed by atoms with van der Waals surface area (Å²) in [6.45, 7) is 0.761. The number of nitrogens with one attached hydrogen (secondary N) is 1. The average Bonchev–Trinajstić information content (AvgIpc) is 3.11. The number of hydrogen-bond donors (Lipinski definition) is 2.